The summed E-state index contributed by atoms with van der Waals surface area (Å²) < 4.78 is 0. The van der Waals surface area contributed by atoms with E-state index in [1.165, 1.54) is 6.07 Å². The largest absolute Gasteiger partial charge is 0.478 e. The SMILES string of the molecule is O=C(O)c1cc2cccc3cc(C(=O)O)ccc3c-2c1. The maximum absolute atomic E-state index is 11.1. The molecule has 0 heterocycles. The van der Waals surface area contributed by atoms with Gasteiger partial charge in [0.2, 0.25) is 0 Å². The number of carbonyl (C=O) groups is 2. The normalized spacial score (nSPS) is 10.8. The van der Waals surface area contributed by atoms with Gasteiger partial charge in [0.15, 0.2) is 0 Å². The quantitative estimate of drug-likeness (QED) is 0.746. The minimum absolute atomic E-state index is 0.210. The van der Waals surface area contributed by atoms with Gasteiger partial charge in [-0.3, -0.25) is 0 Å². The van der Waals surface area contributed by atoms with Crippen molar-refractivity contribution in [2.24, 2.45) is 0 Å². The van der Waals surface area contributed by atoms with E-state index >= 15 is 0 Å². The van der Waals surface area contributed by atoms with Crippen molar-refractivity contribution in [3.63, 3.8) is 0 Å². The molecule has 2 N–H and O–H groups in total. The summed E-state index contributed by atoms with van der Waals surface area (Å²) in [4.78, 5) is 22.1. The van der Waals surface area contributed by atoms with Gasteiger partial charge in [-0.05, 0) is 46.2 Å². The van der Waals surface area contributed by atoms with Gasteiger partial charge in [0.05, 0.1) is 11.1 Å². The molecule has 0 fully saturated rings. The van der Waals surface area contributed by atoms with Crippen LogP contribution in [0.4, 0.5) is 0 Å². The van der Waals surface area contributed by atoms with Crippen molar-refractivity contribution >= 4 is 22.7 Å². The van der Waals surface area contributed by atoms with Gasteiger partial charge < -0.3 is 10.2 Å². The molecule has 4 nitrogen and oxygen atoms in total. The Labute approximate surface area is 114 Å². The Morgan fingerprint density at radius 1 is 0.800 bits per heavy atom. The first-order valence-electron chi connectivity index (χ1n) is 5.99. The molecule has 0 saturated heterocycles. The summed E-state index contributed by atoms with van der Waals surface area (Å²) >= 11 is 0. The van der Waals surface area contributed by atoms with E-state index in [-0.39, 0.29) is 11.1 Å². The Balaban J connectivity index is 2.35. The van der Waals surface area contributed by atoms with E-state index in [1.807, 2.05) is 12.1 Å². The van der Waals surface area contributed by atoms with Crippen molar-refractivity contribution < 1.29 is 19.8 Å². The summed E-state index contributed by atoms with van der Waals surface area (Å²) in [6.45, 7) is 0. The van der Waals surface area contributed by atoms with Gasteiger partial charge in [-0.15, -0.1) is 0 Å². The van der Waals surface area contributed by atoms with Gasteiger partial charge in [0.1, 0.15) is 0 Å². The molecule has 0 radical (unpaired) electrons. The molecule has 0 amide bonds. The molecule has 0 bridgehead atoms. The third-order valence-electron chi connectivity index (χ3n) is 3.31. The zero-order chi connectivity index (χ0) is 14.3. The first kappa shape index (κ1) is 12.2. The van der Waals surface area contributed by atoms with Gasteiger partial charge >= 0.3 is 11.9 Å². The van der Waals surface area contributed by atoms with E-state index in [1.54, 1.807) is 30.3 Å². The number of hydrogen-bond acceptors (Lipinski definition) is 2. The highest BCUT2D eigenvalue weighted by molar-refractivity contribution is 6.04. The number of carboxylic acids is 2. The summed E-state index contributed by atoms with van der Waals surface area (Å²) in [6, 6.07) is 13.5. The van der Waals surface area contributed by atoms with Crippen LogP contribution in [-0.4, -0.2) is 22.2 Å². The third-order valence-corrected chi connectivity index (χ3v) is 3.31. The molecule has 2 aliphatic rings. The molecule has 0 aliphatic heterocycles. The Morgan fingerprint density at radius 2 is 1.55 bits per heavy atom. The van der Waals surface area contributed by atoms with E-state index in [0.29, 0.717) is 0 Å². The lowest BCUT2D eigenvalue weighted by molar-refractivity contribution is 0.0686. The minimum atomic E-state index is -0.983. The number of carboxylic acid groups (broad SMARTS) is 2. The summed E-state index contributed by atoms with van der Waals surface area (Å²) in [6.07, 6.45) is 0. The Bertz CT molecular complexity index is 820. The van der Waals surface area contributed by atoms with Crippen LogP contribution in [0.3, 0.4) is 0 Å². The van der Waals surface area contributed by atoms with Gasteiger partial charge in [-0.25, -0.2) is 9.59 Å². The molecule has 0 spiro atoms. The maximum Gasteiger partial charge on any atom is 0.335 e. The van der Waals surface area contributed by atoms with Crippen LogP contribution in [0.25, 0.3) is 21.9 Å². The Hall–Kier alpha value is -2.88. The molecular formula is C16H10O4. The summed E-state index contributed by atoms with van der Waals surface area (Å²) in [5.41, 5.74) is 2.07. The topological polar surface area (TPSA) is 74.6 Å². The van der Waals surface area contributed by atoms with E-state index in [2.05, 4.69) is 0 Å². The highest BCUT2D eigenvalue weighted by Gasteiger charge is 2.14. The van der Waals surface area contributed by atoms with Crippen molar-refractivity contribution in [1.82, 2.24) is 0 Å². The minimum Gasteiger partial charge on any atom is -0.478 e. The second-order valence-electron chi connectivity index (χ2n) is 4.55. The predicted molar refractivity (Wildman–Crippen MR) is 74.5 cm³/mol. The van der Waals surface area contributed by atoms with Crippen LogP contribution in [0.5, 0.6) is 0 Å². The summed E-state index contributed by atoms with van der Waals surface area (Å²) in [7, 11) is 0. The highest BCUT2D eigenvalue weighted by atomic mass is 16.4. The standard InChI is InChI=1S/C16H10O4/c17-15(18)11-4-5-13-9(6-11)2-1-3-10-7-12(16(19)20)8-14(10)13/h1-8H,(H,17,18)(H,19,20). The van der Waals surface area contributed by atoms with Crippen LogP contribution in [0.1, 0.15) is 20.7 Å². The molecule has 20 heavy (non-hydrogen) atoms. The average molecular weight is 266 g/mol. The van der Waals surface area contributed by atoms with Gasteiger partial charge in [-0.1, -0.05) is 24.3 Å². The molecule has 2 aliphatic carbocycles. The van der Waals surface area contributed by atoms with Crippen LogP contribution in [0.2, 0.25) is 0 Å². The maximum atomic E-state index is 11.1. The molecule has 0 saturated carbocycles. The fraction of sp³-hybridized carbons (Fsp3) is 0. The summed E-state index contributed by atoms with van der Waals surface area (Å²) in [5.74, 6) is -1.96. The van der Waals surface area contributed by atoms with Crippen molar-refractivity contribution in [2.45, 2.75) is 0 Å². The van der Waals surface area contributed by atoms with Crippen molar-refractivity contribution in [3.8, 4) is 11.1 Å². The zero-order valence-corrected chi connectivity index (χ0v) is 10.3. The number of fused-ring (bicyclic) bond motifs is 3. The van der Waals surface area contributed by atoms with Gasteiger partial charge in [-0.2, -0.15) is 0 Å². The monoisotopic (exact) mass is 266 g/mol. The van der Waals surface area contributed by atoms with E-state index in [4.69, 9.17) is 10.2 Å². The smallest absolute Gasteiger partial charge is 0.335 e. The fourth-order valence-corrected chi connectivity index (χ4v) is 2.35. The van der Waals surface area contributed by atoms with Gasteiger partial charge in [0.25, 0.3) is 0 Å². The number of rotatable bonds is 2. The van der Waals surface area contributed by atoms with Crippen LogP contribution in [0.15, 0.2) is 48.5 Å². The second kappa shape index (κ2) is 4.35. The molecule has 3 rings (SSSR count). The molecule has 0 aromatic heterocycles. The van der Waals surface area contributed by atoms with Crippen molar-refractivity contribution in [2.75, 3.05) is 0 Å². The van der Waals surface area contributed by atoms with Crippen molar-refractivity contribution in [3.05, 3.63) is 59.7 Å². The van der Waals surface area contributed by atoms with Crippen LogP contribution in [-0.2, 0) is 0 Å². The van der Waals surface area contributed by atoms with Crippen LogP contribution >= 0.6 is 0 Å². The molecule has 1 aromatic carbocycles. The number of aromatic carboxylic acids is 2. The first-order valence-corrected chi connectivity index (χ1v) is 5.99. The summed E-state index contributed by atoms with van der Waals surface area (Å²) in [5, 5.41) is 19.7. The molecule has 0 atom stereocenters. The third kappa shape index (κ3) is 1.87. The van der Waals surface area contributed by atoms with Crippen LogP contribution < -0.4 is 0 Å². The first-order chi connectivity index (χ1) is 9.56. The van der Waals surface area contributed by atoms with Crippen LogP contribution in [0, 0.1) is 0 Å². The Morgan fingerprint density at radius 3 is 2.25 bits per heavy atom. The van der Waals surface area contributed by atoms with Crippen molar-refractivity contribution in [1.29, 1.82) is 0 Å². The molecule has 98 valence electrons. The molecule has 1 aromatic rings. The molecular weight excluding hydrogens is 256 g/mol. The zero-order valence-electron chi connectivity index (χ0n) is 10.3. The lowest BCUT2D eigenvalue weighted by Crippen LogP contribution is -1.94. The average Bonchev–Trinajstić information content (AvgIpc) is 2.76. The molecule has 0 unspecified atom stereocenters. The number of hydrogen-bond donors (Lipinski definition) is 2. The van der Waals surface area contributed by atoms with E-state index < -0.39 is 11.9 Å². The van der Waals surface area contributed by atoms with Gasteiger partial charge in [0, 0.05) is 0 Å². The predicted octanol–water partition coefficient (Wildman–Crippen LogP) is 3.34. The number of benzene rings is 1. The lowest BCUT2D eigenvalue weighted by Gasteiger charge is -2.00. The van der Waals surface area contributed by atoms with E-state index in [0.717, 1.165) is 21.9 Å². The molecule has 4 heteroatoms. The van der Waals surface area contributed by atoms with E-state index in [9.17, 15) is 9.59 Å². The highest BCUT2D eigenvalue weighted by Crippen LogP contribution is 2.32. The fourth-order valence-electron chi connectivity index (χ4n) is 2.35. The lowest BCUT2D eigenvalue weighted by atomic mass is 10.0. The Kier molecular flexibility index (Phi) is 2.64. The second-order valence-corrected chi connectivity index (χ2v) is 4.55.